The third kappa shape index (κ3) is 4.59. The van der Waals surface area contributed by atoms with Gasteiger partial charge in [-0.3, -0.25) is 4.79 Å². The number of hydrogen-bond acceptors (Lipinski definition) is 2. The maximum atomic E-state index is 13.0. The third-order valence-electron chi connectivity index (χ3n) is 4.37. The van der Waals surface area contributed by atoms with Gasteiger partial charge in [0.2, 0.25) is 5.91 Å². The molecule has 26 heavy (non-hydrogen) atoms. The molecule has 0 saturated carbocycles. The van der Waals surface area contributed by atoms with Crippen molar-refractivity contribution in [3.05, 3.63) is 71.0 Å². The highest BCUT2D eigenvalue weighted by molar-refractivity contribution is 5.85. The Labute approximate surface area is 152 Å². The monoisotopic (exact) mass is 355 g/mol. The van der Waals surface area contributed by atoms with E-state index in [1.165, 1.54) is 17.0 Å². The van der Waals surface area contributed by atoms with Crippen molar-refractivity contribution in [1.82, 2.24) is 15.1 Å². The van der Waals surface area contributed by atoms with Gasteiger partial charge in [0.05, 0.1) is 0 Å². The number of carbonyl (C=O) groups excluding carboxylic acids is 2. The zero-order valence-electron chi connectivity index (χ0n) is 14.7. The molecule has 0 unspecified atom stereocenters. The summed E-state index contributed by atoms with van der Waals surface area (Å²) in [4.78, 5) is 27.8. The van der Waals surface area contributed by atoms with E-state index in [9.17, 15) is 14.0 Å². The fourth-order valence-electron chi connectivity index (χ4n) is 2.99. The molecule has 1 N–H and O–H groups in total. The molecule has 136 valence electrons. The lowest BCUT2D eigenvalue weighted by Gasteiger charge is -2.18. The highest BCUT2D eigenvalue weighted by Crippen LogP contribution is 2.14. The van der Waals surface area contributed by atoms with Crippen LogP contribution >= 0.6 is 0 Å². The second-order valence-corrected chi connectivity index (χ2v) is 6.52. The molecule has 1 fully saturated rings. The number of rotatable bonds is 6. The van der Waals surface area contributed by atoms with E-state index in [4.69, 9.17) is 0 Å². The Balaban J connectivity index is 1.48. The van der Waals surface area contributed by atoms with Gasteiger partial charge in [-0.15, -0.1) is 0 Å². The van der Waals surface area contributed by atoms with Gasteiger partial charge in [0, 0.05) is 26.2 Å². The molecule has 1 aliphatic rings. The fraction of sp³-hybridized carbons (Fsp3) is 0.300. The third-order valence-corrected chi connectivity index (χ3v) is 4.37. The van der Waals surface area contributed by atoms with Crippen molar-refractivity contribution in [2.75, 3.05) is 19.6 Å². The summed E-state index contributed by atoms with van der Waals surface area (Å²) in [5.74, 6) is -0.475. The van der Waals surface area contributed by atoms with Crippen LogP contribution in [0.5, 0.6) is 0 Å². The first kappa shape index (κ1) is 17.9. The minimum Gasteiger partial charge on any atom is -0.350 e. The lowest BCUT2D eigenvalue weighted by atomic mass is 10.1. The topological polar surface area (TPSA) is 52.7 Å². The molecule has 0 aromatic heterocycles. The van der Waals surface area contributed by atoms with Gasteiger partial charge >= 0.3 is 6.03 Å². The number of halogens is 1. The SMILES string of the molecule is Cc1cccc(CNC(=O)CN2CCN(Cc3ccc(F)cc3)C2=O)c1. The van der Waals surface area contributed by atoms with E-state index in [-0.39, 0.29) is 24.3 Å². The summed E-state index contributed by atoms with van der Waals surface area (Å²) in [6.07, 6.45) is 0. The average molecular weight is 355 g/mol. The van der Waals surface area contributed by atoms with Crippen LogP contribution in [0.25, 0.3) is 0 Å². The van der Waals surface area contributed by atoms with Gasteiger partial charge in [-0.25, -0.2) is 9.18 Å². The number of aryl methyl sites for hydroxylation is 1. The van der Waals surface area contributed by atoms with Crippen molar-refractivity contribution in [2.45, 2.75) is 20.0 Å². The Bertz CT molecular complexity index is 792. The molecule has 0 spiro atoms. The van der Waals surface area contributed by atoms with Crippen LogP contribution in [0.2, 0.25) is 0 Å². The first-order valence-corrected chi connectivity index (χ1v) is 8.62. The van der Waals surface area contributed by atoms with Gasteiger partial charge in [0.15, 0.2) is 0 Å². The summed E-state index contributed by atoms with van der Waals surface area (Å²) in [6.45, 7) is 3.98. The van der Waals surface area contributed by atoms with Gasteiger partial charge < -0.3 is 15.1 Å². The molecule has 3 rings (SSSR count). The molecule has 2 aromatic rings. The average Bonchev–Trinajstić information content (AvgIpc) is 2.95. The fourth-order valence-corrected chi connectivity index (χ4v) is 2.99. The van der Waals surface area contributed by atoms with Crippen LogP contribution in [0, 0.1) is 12.7 Å². The first-order valence-electron chi connectivity index (χ1n) is 8.62. The zero-order chi connectivity index (χ0) is 18.5. The van der Waals surface area contributed by atoms with E-state index in [2.05, 4.69) is 5.32 Å². The Kier molecular flexibility index (Phi) is 5.51. The molecule has 0 bridgehead atoms. The number of nitrogens with one attached hydrogen (secondary N) is 1. The lowest BCUT2D eigenvalue weighted by molar-refractivity contribution is -0.121. The second-order valence-electron chi connectivity index (χ2n) is 6.52. The van der Waals surface area contributed by atoms with Gasteiger partial charge in [-0.2, -0.15) is 0 Å². The second kappa shape index (κ2) is 7.99. The van der Waals surface area contributed by atoms with Crippen LogP contribution in [-0.2, 0) is 17.9 Å². The van der Waals surface area contributed by atoms with Gasteiger partial charge in [0.25, 0.3) is 0 Å². The van der Waals surface area contributed by atoms with Gasteiger partial charge in [-0.1, -0.05) is 42.0 Å². The van der Waals surface area contributed by atoms with Crippen molar-refractivity contribution in [3.63, 3.8) is 0 Å². The standard InChI is InChI=1S/C20H22FN3O2/c1-15-3-2-4-17(11-15)12-22-19(25)14-24-10-9-23(20(24)26)13-16-5-7-18(21)8-6-16/h2-8,11H,9-10,12-14H2,1H3,(H,22,25). The highest BCUT2D eigenvalue weighted by atomic mass is 19.1. The van der Waals surface area contributed by atoms with Gasteiger partial charge in [0.1, 0.15) is 12.4 Å². The number of carbonyl (C=O) groups is 2. The summed E-state index contributed by atoms with van der Waals surface area (Å²) in [6, 6.07) is 13.9. The van der Waals surface area contributed by atoms with Crippen LogP contribution in [0.3, 0.4) is 0 Å². The van der Waals surface area contributed by atoms with E-state index >= 15 is 0 Å². The molecule has 1 aliphatic heterocycles. The van der Waals surface area contributed by atoms with Crippen LogP contribution in [0.4, 0.5) is 9.18 Å². The number of urea groups is 1. The summed E-state index contributed by atoms with van der Waals surface area (Å²) < 4.78 is 13.0. The molecular weight excluding hydrogens is 333 g/mol. The van der Waals surface area contributed by atoms with E-state index in [0.717, 1.165) is 16.7 Å². The zero-order valence-corrected chi connectivity index (χ0v) is 14.7. The molecule has 6 heteroatoms. The predicted molar refractivity (Wildman–Crippen MR) is 96.8 cm³/mol. The summed E-state index contributed by atoms with van der Waals surface area (Å²) in [5.41, 5.74) is 3.04. The Morgan fingerprint density at radius 2 is 1.81 bits per heavy atom. The molecule has 1 heterocycles. The molecule has 0 atom stereocenters. The normalized spacial score (nSPS) is 14.0. The summed E-state index contributed by atoms with van der Waals surface area (Å²) in [5, 5.41) is 2.85. The smallest absolute Gasteiger partial charge is 0.320 e. The maximum absolute atomic E-state index is 13.0. The minimum atomic E-state index is -0.298. The van der Waals surface area contributed by atoms with Crippen LogP contribution in [0.1, 0.15) is 16.7 Å². The van der Waals surface area contributed by atoms with Crippen molar-refractivity contribution < 1.29 is 14.0 Å². The number of benzene rings is 2. The number of amides is 3. The summed E-state index contributed by atoms with van der Waals surface area (Å²) >= 11 is 0. The van der Waals surface area contributed by atoms with Crippen molar-refractivity contribution in [2.24, 2.45) is 0 Å². The molecular formula is C20H22FN3O2. The molecule has 0 aliphatic carbocycles. The molecule has 5 nitrogen and oxygen atoms in total. The van der Waals surface area contributed by atoms with E-state index < -0.39 is 0 Å². The van der Waals surface area contributed by atoms with Crippen LogP contribution in [0.15, 0.2) is 48.5 Å². The van der Waals surface area contributed by atoms with Gasteiger partial charge in [-0.05, 0) is 30.2 Å². The number of hydrogen-bond donors (Lipinski definition) is 1. The first-order chi connectivity index (χ1) is 12.5. The summed E-state index contributed by atoms with van der Waals surface area (Å²) in [7, 11) is 0. The van der Waals surface area contributed by atoms with E-state index in [0.29, 0.717) is 26.2 Å². The Hall–Kier alpha value is -2.89. The molecule has 3 amide bonds. The molecule has 0 radical (unpaired) electrons. The Morgan fingerprint density at radius 3 is 2.54 bits per heavy atom. The maximum Gasteiger partial charge on any atom is 0.320 e. The Morgan fingerprint density at radius 1 is 1.08 bits per heavy atom. The van der Waals surface area contributed by atoms with Crippen LogP contribution < -0.4 is 5.32 Å². The van der Waals surface area contributed by atoms with Crippen LogP contribution in [-0.4, -0.2) is 41.4 Å². The van der Waals surface area contributed by atoms with Crippen molar-refractivity contribution >= 4 is 11.9 Å². The largest absolute Gasteiger partial charge is 0.350 e. The number of nitrogens with zero attached hydrogens (tertiary/aromatic N) is 2. The minimum absolute atomic E-state index is 0.0462. The highest BCUT2D eigenvalue weighted by Gasteiger charge is 2.29. The molecule has 2 aromatic carbocycles. The quantitative estimate of drug-likeness (QED) is 0.866. The van der Waals surface area contributed by atoms with E-state index in [1.807, 2.05) is 31.2 Å². The molecule has 1 saturated heterocycles. The lowest BCUT2D eigenvalue weighted by Crippen LogP contribution is -2.39. The predicted octanol–water partition coefficient (Wildman–Crippen LogP) is 2.69. The van der Waals surface area contributed by atoms with E-state index in [1.54, 1.807) is 17.0 Å². The van der Waals surface area contributed by atoms with Crippen molar-refractivity contribution in [1.29, 1.82) is 0 Å². The van der Waals surface area contributed by atoms with Crippen molar-refractivity contribution in [3.8, 4) is 0 Å².